The molecule has 0 saturated heterocycles. The van der Waals surface area contributed by atoms with Gasteiger partial charge in [0, 0.05) is 0 Å². The molecular formula is C13H20OSi. The lowest BCUT2D eigenvalue weighted by molar-refractivity contribution is 0.283. The minimum absolute atomic E-state index is 0.142. The summed E-state index contributed by atoms with van der Waals surface area (Å²) in [6, 6.07) is 8.21. The third kappa shape index (κ3) is 3.04. The van der Waals surface area contributed by atoms with Crippen LogP contribution in [-0.4, -0.2) is 13.2 Å². The number of allylic oxidation sites excluding steroid dienone is 1. The Labute approximate surface area is 93.5 Å². The first-order valence-electron chi connectivity index (χ1n) is 5.32. The quantitative estimate of drug-likeness (QED) is 0.776. The maximum absolute atomic E-state index is 9.32. The molecule has 1 aromatic rings. The van der Waals surface area contributed by atoms with Crippen molar-refractivity contribution < 1.29 is 5.11 Å². The summed E-state index contributed by atoms with van der Waals surface area (Å²) in [5.41, 5.74) is 4.81. The van der Waals surface area contributed by atoms with Gasteiger partial charge in [-0.3, -0.25) is 0 Å². The number of hydrogen-bond donors (Lipinski definition) is 1. The molecule has 0 aliphatic heterocycles. The van der Waals surface area contributed by atoms with Crippen LogP contribution >= 0.6 is 0 Å². The molecule has 1 aromatic carbocycles. The van der Waals surface area contributed by atoms with Crippen LogP contribution in [0.2, 0.25) is 13.1 Å². The van der Waals surface area contributed by atoms with Crippen molar-refractivity contribution in [2.45, 2.75) is 33.5 Å². The van der Waals surface area contributed by atoms with E-state index in [0.29, 0.717) is 0 Å². The van der Waals surface area contributed by atoms with Crippen LogP contribution in [-0.2, 0) is 6.61 Å². The Morgan fingerprint density at radius 2 is 1.87 bits per heavy atom. The lowest BCUT2D eigenvalue weighted by Gasteiger charge is -2.22. The van der Waals surface area contributed by atoms with Gasteiger partial charge in [0.1, 0.15) is 8.07 Å². The Bertz CT molecular complexity index is 363. The third-order valence-electron chi connectivity index (χ3n) is 2.53. The number of rotatable bonds is 3. The summed E-state index contributed by atoms with van der Waals surface area (Å²) in [6.07, 6.45) is 0. The van der Waals surface area contributed by atoms with E-state index in [0.717, 1.165) is 5.56 Å². The van der Waals surface area contributed by atoms with Gasteiger partial charge >= 0.3 is 0 Å². The minimum atomic E-state index is -1.53. The van der Waals surface area contributed by atoms with Gasteiger partial charge in [0.2, 0.25) is 0 Å². The highest BCUT2D eigenvalue weighted by atomic mass is 28.3. The molecule has 0 aliphatic carbocycles. The van der Waals surface area contributed by atoms with E-state index in [4.69, 9.17) is 0 Å². The first kappa shape index (κ1) is 12.2. The van der Waals surface area contributed by atoms with Crippen LogP contribution in [0, 0.1) is 0 Å². The molecule has 0 spiro atoms. The topological polar surface area (TPSA) is 20.2 Å². The van der Waals surface area contributed by atoms with E-state index in [1.165, 1.54) is 10.8 Å². The second kappa shape index (κ2) is 4.77. The molecule has 15 heavy (non-hydrogen) atoms. The van der Waals surface area contributed by atoms with Gasteiger partial charge in [-0.2, -0.15) is 0 Å². The van der Waals surface area contributed by atoms with E-state index in [-0.39, 0.29) is 6.61 Å². The summed E-state index contributed by atoms with van der Waals surface area (Å²) in [6.45, 7) is 9.04. The van der Waals surface area contributed by atoms with Crippen molar-refractivity contribution in [2.24, 2.45) is 0 Å². The smallest absolute Gasteiger partial charge is 0.104 e. The Morgan fingerprint density at radius 3 is 2.40 bits per heavy atom. The molecule has 0 heterocycles. The number of benzene rings is 1. The van der Waals surface area contributed by atoms with Crippen LogP contribution in [0.5, 0.6) is 0 Å². The molecule has 0 amide bonds. The predicted octanol–water partition coefficient (Wildman–Crippen LogP) is 2.60. The highest BCUT2D eigenvalue weighted by molar-refractivity contribution is 6.94. The van der Waals surface area contributed by atoms with E-state index < -0.39 is 8.07 Å². The highest BCUT2D eigenvalue weighted by Gasteiger charge is 2.22. The summed E-state index contributed by atoms with van der Waals surface area (Å²) in [7, 11) is -1.53. The zero-order valence-electron chi connectivity index (χ0n) is 10.0. The lowest BCUT2D eigenvalue weighted by atomic mass is 10.2. The minimum Gasteiger partial charge on any atom is -0.392 e. The van der Waals surface area contributed by atoms with Gasteiger partial charge in [-0.05, 0) is 24.6 Å². The summed E-state index contributed by atoms with van der Waals surface area (Å²) in [5.74, 6) is 0. The highest BCUT2D eigenvalue weighted by Crippen LogP contribution is 2.11. The molecule has 0 fully saturated rings. The van der Waals surface area contributed by atoms with Crippen LogP contribution in [0.3, 0.4) is 0 Å². The van der Waals surface area contributed by atoms with Gasteiger partial charge in [0.15, 0.2) is 0 Å². The van der Waals surface area contributed by atoms with E-state index in [1.54, 1.807) is 0 Å². The van der Waals surface area contributed by atoms with Crippen molar-refractivity contribution in [1.82, 2.24) is 0 Å². The van der Waals surface area contributed by atoms with Crippen molar-refractivity contribution >= 4 is 13.3 Å². The Hall–Kier alpha value is -0.863. The van der Waals surface area contributed by atoms with Crippen LogP contribution in [0.1, 0.15) is 19.4 Å². The fourth-order valence-corrected chi connectivity index (χ4v) is 5.20. The molecule has 0 atom stereocenters. The van der Waals surface area contributed by atoms with E-state index in [9.17, 15) is 5.11 Å². The molecule has 0 aromatic heterocycles. The summed E-state index contributed by atoms with van der Waals surface area (Å²) in [5, 5.41) is 10.7. The van der Waals surface area contributed by atoms with Gasteiger partial charge in [-0.15, -0.1) is 0 Å². The van der Waals surface area contributed by atoms with E-state index in [1.807, 2.05) is 12.1 Å². The van der Waals surface area contributed by atoms with Crippen molar-refractivity contribution in [3.05, 3.63) is 41.1 Å². The van der Waals surface area contributed by atoms with Gasteiger partial charge < -0.3 is 5.11 Å². The van der Waals surface area contributed by atoms with Crippen molar-refractivity contribution in [1.29, 1.82) is 0 Å². The summed E-state index contributed by atoms with van der Waals surface area (Å²) in [4.78, 5) is 0. The van der Waals surface area contributed by atoms with E-state index >= 15 is 0 Å². The molecule has 1 rings (SSSR count). The van der Waals surface area contributed by atoms with Gasteiger partial charge in [0.25, 0.3) is 0 Å². The van der Waals surface area contributed by atoms with Crippen LogP contribution < -0.4 is 5.19 Å². The summed E-state index contributed by atoms with van der Waals surface area (Å²) >= 11 is 0. The molecule has 0 saturated carbocycles. The van der Waals surface area contributed by atoms with Gasteiger partial charge in [-0.1, -0.05) is 48.6 Å². The molecule has 2 heteroatoms. The fraction of sp³-hybridized carbons (Fsp3) is 0.385. The molecule has 0 unspecified atom stereocenters. The molecular weight excluding hydrogens is 200 g/mol. The summed E-state index contributed by atoms with van der Waals surface area (Å²) < 4.78 is 0. The first-order valence-corrected chi connectivity index (χ1v) is 8.40. The maximum Gasteiger partial charge on any atom is 0.104 e. The Balaban J connectivity index is 3.20. The lowest BCUT2D eigenvalue weighted by Crippen LogP contribution is -2.42. The number of hydrogen-bond acceptors (Lipinski definition) is 1. The fourth-order valence-electron chi connectivity index (χ4n) is 2.09. The normalized spacial score (nSPS) is 11.3. The zero-order valence-corrected chi connectivity index (χ0v) is 11.0. The molecule has 0 bridgehead atoms. The monoisotopic (exact) mass is 220 g/mol. The van der Waals surface area contributed by atoms with Crippen LogP contribution in [0.15, 0.2) is 35.5 Å². The maximum atomic E-state index is 9.32. The predicted molar refractivity (Wildman–Crippen MR) is 68.9 cm³/mol. The average Bonchev–Trinajstić information content (AvgIpc) is 2.16. The second-order valence-corrected chi connectivity index (χ2v) is 9.03. The Morgan fingerprint density at radius 1 is 1.27 bits per heavy atom. The van der Waals surface area contributed by atoms with Crippen LogP contribution in [0.4, 0.5) is 0 Å². The number of aliphatic hydroxyl groups excluding tert-OH is 1. The Kier molecular flexibility index (Phi) is 3.88. The van der Waals surface area contributed by atoms with E-state index in [2.05, 4.69) is 44.8 Å². The van der Waals surface area contributed by atoms with Crippen LogP contribution in [0.25, 0.3) is 0 Å². The molecule has 0 aliphatic rings. The average molecular weight is 220 g/mol. The van der Waals surface area contributed by atoms with Crippen molar-refractivity contribution in [2.75, 3.05) is 0 Å². The SMILES string of the molecule is CC(C)=C[Si](C)(C)c1ccccc1CO. The van der Waals surface area contributed by atoms with Crippen molar-refractivity contribution in [3.63, 3.8) is 0 Å². The first-order chi connectivity index (χ1) is 6.97. The largest absolute Gasteiger partial charge is 0.392 e. The third-order valence-corrected chi connectivity index (χ3v) is 5.71. The molecule has 0 radical (unpaired) electrons. The number of aliphatic hydroxyl groups is 1. The second-order valence-electron chi connectivity index (χ2n) is 4.76. The van der Waals surface area contributed by atoms with Crippen molar-refractivity contribution in [3.8, 4) is 0 Å². The molecule has 1 N–H and O–H groups in total. The van der Waals surface area contributed by atoms with Gasteiger partial charge in [0.05, 0.1) is 6.61 Å². The molecule has 1 nitrogen and oxygen atoms in total. The van der Waals surface area contributed by atoms with Gasteiger partial charge in [-0.25, -0.2) is 0 Å². The zero-order chi connectivity index (χ0) is 11.5. The molecule has 82 valence electrons. The standard InChI is InChI=1S/C13H20OSi/c1-11(2)10-15(3,4)13-8-6-5-7-12(13)9-14/h5-8,10,14H,9H2,1-4H3.